The summed E-state index contributed by atoms with van der Waals surface area (Å²) in [7, 11) is 0. The van der Waals surface area contributed by atoms with Crippen molar-refractivity contribution in [2.75, 3.05) is 9.80 Å². The standard InChI is InChI=1S/C36H24N6O2/c1-5-13-33-25(9-1)41(26-10-2-6-14-34(26)43-33)31-21-29(39-19-17-37-23-39)30(40-20-18-38-24-40)22-32(31)42-27-11-3-7-15-35(27)44-36-16-8-4-12-28(36)42/h1-24H. The molecule has 7 aromatic rings. The number of anilines is 6. The van der Waals surface area contributed by atoms with Crippen LogP contribution in [0, 0.1) is 0 Å². The van der Waals surface area contributed by atoms with Crippen molar-refractivity contribution in [2.45, 2.75) is 0 Å². The zero-order valence-electron chi connectivity index (χ0n) is 23.4. The number of rotatable bonds is 4. The minimum Gasteiger partial charge on any atom is -0.453 e. The highest BCUT2D eigenvalue weighted by Crippen LogP contribution is 2.57. The second-order valence-corrected chi connectivity index (χ2v) is 10.5. The molecule has 0 fully saturated rings. The van der Waals surface area contributed by atoms with Crippen LogP contribution in [-0.2, 0) is 0 Å². The lowest BCUT2D eigenvalue weighted by molar-refractivity contribution is 0.476. The van der Waals surface area contributed by atoms with Gasteiger partial charge in [-0.1, -0.05) is 48.5 Å². The molecule has 0 spiro atoms. The summed E-state index contributed by atoms with van der Waals surface area (Å²) in [4.78, 5) is 13.3. The first kappa shape index (κ1) is 24.3. The highest BCUT2D eigenvalue weighted by Gasteiger charge is 2.33. The van der Waals surface area contributed by atoms with E-state index in [2.05, 4.69) is 56.2 Å². The SMILES string of the molecule is c1ccc2c(c1)Oc1ccccc1N2c1cc(-n2ccnc2)c(-n2ccnc2)cc1N1c2ccccc2Oc2ccccc21. The highest BCUT2D eigenvalue weighted by molar-refractivity contribution is 5.98. The molecule has 2 aliphatic rings. The summed E-state index contributed by atoms with van der Waals surface area (Å²) in [6.45, 7) is 0. The molecular formula is C36H24N6O2. The van der Waals surface area contributed by atoms with E-state index in [-0.39, 0.29) is 0 Å². The second kappa shape index (κ2) is 9.64. The zero-order valence-corrected chi connectivity index (χ0v) is 23.4. The molecule has 0 aliphatic carbocycles. The number of fused-ring (bicyclic) bond motifs is 4. The fourth-order valence-electron chi connectivity index (χ4n) is 6.06. The predicted molar refractivity (Wildman–Crippen MR) is 170 cm³/mol. The molecule has 0 atom stereocenters. The van der Waals surface area contributed by atoms with Crippen molar-refractivity contribution in [3.63, 3.8) is 0 Å². The summed E-state index contributed by atoms with van der Waals surface area (Å²) in [6.07, 6.45) is 11.1. The first-order valence-corrected chi connectivity index (χ1v) is 14.3. The molecule has 5 aromatic carbocycles. The van der Waals surface area contributed by atoms with Gasteiger partial charge in [0.2, 0.25) is 0 Å². The molecule has 210 valence electrons. The maximum absolute atomic E-state index is 6.41. The molecule has 2 aromatic heterocycles. The van der Waals surface area contributed by atoms with E-state index in [0.717, 1.165) is 68.5 Å². The third kappa shape index (κ3) is 3.71. The minimum absolute atomic E-state index is 0.780. The Morgan fingerprint density at radius 3 is 1.05 bits per heavy atom. The van der Waals surface area contributed by atoms with Gasteiger partial charge in [0.1, 0.15) is 0 Å². The van der Waals surface area contributed by atoms with Gasteiger partial charge in [0, 0.05) is 24.8 Å². The number of imidazole rings is 2. The van der Waals surface area contributed by atoms with Crippen LogP contribution in [0.3, 0.4) is 0 Å². The molecular weight excluding hydrogens is 548 g/mol. The second-order valence-electron chi connectivity index (χ2n) is 10.5. The molecule has 8 nitrogen and oxygen atoms in total. The van der Waals surface area contributed by atoms with Gasteiger partial charge in [-0.05, 0) is 60.7 Å². The van der Waals surface area contributed by atoms with Gasteiger partial charge in [-0.15, -0.1) is 0 Å². The van der Waals surface area contributed by atoms with Crippen LogP contribution in [0.1, 0.15) is 0 Å². The van der Waals surface area contributed by atoms with E-state index in [1.165, 1.54) is 0 Å². The Bertz CT molecular complexity index is 1910. The largest absolute Gasteiger partial charge is 0.453 e. The van der Waals surface area contributed by atoms with E-state index in [1.54, 1.807) is 12.4 Å². The topological polar surface area (TPSA) is 60.6 Å². The average molecular weight is 573 g/mol. The fraction of sp³-hybridized carbons (Fsp3) is 0. The molecule has 0 radical (unpaired) electrons. The molecule has 0 unspecified atom stereocenters. The minimum atomic E-state index is 0.780. The Kier molecular flexibility index (Phi) is 5.33. The van der Waals surface area contributed by atoms with E-state index in [1.807, 2.05) is 107 Å². The lowest BCUT2D eigenvalue weighted by atomic mass is 10.0. The number of nitrogens with zero attached hydrogens (tertiary/aromatic N) is 6. The van der Waals surface area contributed by atoms with Crippen LogP contribution in [-0.4, -0.2) is 19.1 Å². The van der Waals surface area contributed by atoms with Crippen molar-refractivity contribution < 1.29 is 9.47 Å². The molecule has 4 heterocycles. The zero-order chi connectivity index (χ0) is 29.0. The van der Waals surface area contributed by atoms with Gasteiger partial charge in [0.05, 0.1) is 58.2 Å². The molecule has 44 heavy (non-hydrogen) atoms. The Morgan fingerprint density at radius 2 is 0.727 bits per heavy atom. The molecule has 0 saturated carbocycles. The molecule has 9 rings (SSSR count). The number of hydrogen-bond acceptors (Lipinski definition) is 6. The van der Waals surface area contributed by atoms with Gasteiger partial charge in [-0.25, -0.2) is 9.97 Å². The Hall–Kier alpha value is -6.28. The highest BCUT2D eigenvalue weighted by atomic mass is 16.5. The summed E-state index contributed by atoms with van der Waals surface area (Å²) in [6, 6.07) is 37.0. The van der Waals surface area contributed by atoms with Crippen LogP contribution in [0.5, 0.6) is 23.0 Å². The fourth-order valence-corrected chi connectivity index (χ4v) is 6.06. The number of hydrogen-bond donors (Lipinski definition) is 0. The van der Waals surface area contributed by atoms with Crippen molar-refractivity contribution in [1.82, 2.24) is 19.1 Å². The lowest BCUT2D eigenvalue weighted by Gasteiger charge is -2.39. The predicted octanol–water partition coefficient (Wildman–Crippen LogP) is 9.21. The molecule has 2 aliphatic heterocycles. The van der Waals surface area contributed by atoms with Crippen LogP contribution in [0.15, 0.2) is 147 Å². The number of para-hydroxylation sites is 8. The van der Waals surface area contributed by atoms with Gasteiger partial charge < -0.3 is 28.4 Å². The van der Waals surface area contributed by atoms with E-state index in [9.17, 15) is 0 Å². The van der Waals surface area contributed by atoms with E-state index < -0.39 is 0 Å². The monoisotopic (exact) mass is 572 g/mol. The maximum Gasteiger partial charge on any atom is 0.151 e. The van der Waals surface area contributed by atoms with E-state index >= 15 is 0 Å². The Balaban J connectivity index is 1.41. The normalized spacial score (nSPS) is 12.8. The summed E-state index contributed by atoms with van der Waals surface area (Å²) >= 11 is 0. The van der Waals surface area contributed by atoms with Gasteiger partial charge in [0.25, 0.3) is 0 Å². The Labute approximate surface area is 253 Å². The molecule has 0 amide bonds. The molecule has 0 bridgehead atoms. The van der Waals surface area contributed by atoms with Crippen molar-refractivity contribution >= 4 is 34.1 Å². The van der Waals surface area contributed by atoms with Crippen molar-refractivity contribution in [3.8, 4) is 34.4 Å². The average Bonchev–Trinajstić information content (AvgIpc) is 3.81. The first-order valence-electron chi connectivity index (χ1n) is 14.3. The van der Waals surface area contributed by atoms with Crippen molar-refractivity contribution in [1.29, 1.82) is 0 Å². The van der Waals surface area contributed by atoms with Gasteiger partial charge in [0.15, 0.2) is 23.0 Å². The van der Waals surface area contributed by atoms with E-state index in [4.69, 9.17) is 9.47 Å². The number of benzene rings is 5. The van der Waals surface area contributed by atoms with Crippen molar-refractivity contribution in [3.05, 3.63) is 147 Å². The van der Waals surface area contributed by atoms with E-state index in [0.29, 0.717) is 0 Å². The summed E-state index contributed by atoms with van der Waals surface area (Å²) < 4.78 is 16.9. The van der Waals surface area contributed by atoms with Crippen LogP contribution < -0.4 is 19.3 Å². The van der Waals surface area contributed by atoms with Gasteiger partial charge in [-0.3, -0.25) is 0 Å². The molecule has 0 saturated heterocycles. The maximum atomic E-state index is 6.41. The molecule has 8 heteroatoms. The third-order valence-electron chi connectivity index (χ3n) is 7.98. The third-order valence-corrected chi connectivity index (χ3v) is 7.98. The number of ether oxygens (including phenoxy) is 2. The summed E-state index contributed by atoms with van der Waals surface area (Å²) in [5.41, 5.74) is 7.54. The summed E-state index contributed by atoms with van der Waals surface area (Å²) in [5.74, 6) is 3.12. The number of aromatic nitrogens is 4. The van der Waals surface area contributed by atoms with Crippen LogP contribution >= 0.6 is 0 Å². The Morgan fingerprint density at radius 1 is 0.386 bits per heavy atom. The van der Waals surface area contributed by atoms with Crippen LogP contribution in [0.4, 0.5) is 34.1 Å². The van der Waals surface area contributed by atoms with Crippen LogP contribution in [0.25, 0.3) is 11.4 Å². The lowest BCUT2D eigenvalue weighted by Crippen LogP contribution is -2.22. The quantitative estimate of drug-likeness (QED) is 0.210. The van der Waals surface area contributed by atoms with Crippen molar-refractivity contribution in [2.24, 2.45) is 0 Å². The first-order chi connectivity index (χ1) is 21.8. The van der Waals surface area contributed by atoms with Gasteiger partial charge in [-0.2, -0.15) is 0 Å². The smallest absolute Gasteiger partial charge is 0.151 e. The van der Waals surface area contributed by atoms with Crippen LogP contribution in [0.2, 0.25) is 0 Å². The molecule has 0 N–H and O–H groups in total. The van der Waals surface area contributed by atoms with Gasteiger partial charge >= 0.3 is 0 Å². The summed E-state index contributed by atoms with van der Waals surface area (Å²) in [5, 5.41) is 0.